The van der Waals surface area contributed by atoms with Gasteiger partial charge in [0.25, 0.3) is 0 Å². The smallest absolute Gasteiger partial charge is 0.178 e. The maximum absolute atomic E-state index is 10.2. The van der Waals surface area contributed by atoms with E-state index in [0.717, 1.165) is 57.3 Å². The molecular formula is C25H20N8O2. The summed E-state index contributed by atoms with van der Waals surface area (Å²) in [4.78, 5) is 21.4. The summed E-state index contributed by atoms with van der Waals surface area (Å²) in [7, 11) is 0. The molecule has 1 aliphatic carbocycles. The molecular weight excluding hydrogens is 444 g/mol. The van der Waals surface area contributed by atoms with Crippen LogP contribution in [0.1, 0.15) is 12.8 Å². The second-order valence-corrected chi connectivity index (χ2v) is 8.73. The van der Waals surface area contributed by atoms with E-state index in [-0.39, 0.29) is 0 Å². The number of nitrogens with zero attached hydrogens (tertiary/aromatic N) is 5. The molecule has 4 N–H and O–H groups in total. The topological polar surface area (TPSA) is 141 Å². The first kappa shape index (κ1) is 19.9. The molecule has 6 aromatic heterocycles. The monoisotopic (exact) mass is 464 g/mol. The lowest BCUT2D eigenvalue weighted by Gasteiger charge is -2.13. The summed E-state index contributed by atoms with van der Waals surface area (Å²) in [5.41, 5.74) is 7.10. The second kappa shape index (κ2) is 7.74. The van der Waals surface area contributed by atoms with Crippen molar-refractivity contribution < 1.29 is 9.52 Å². The Labute approximate surface area is 198 Å². The van der Waals surface area contributed by atoms with Crippen LogP contribution in [0.25, 0.3) is 56.0 Å². The molecule has 0 spiro atoms. The molecule has 6 aromatic rings. The predicted molar refractivity (Wildman–Crippen MR) is 130 cm³/mol. The molecule has 6 heterocycles. The number of H-pyrrole nitrogens is 2. The Kier molecular flexibility index (Phi) is 4.39. The van der Waals surface area contributed by atoms with Crippen molar-refractivity contribution in [3.8, 4) is 33.9 Å². The Morgan fingerprint density at radius 1 is 1.09 bits per heavy atom. The number of nitrogens with one attached hydrogen (secondary N) is 3. The second-order valence-electron chi connectivity index (χ2n) is 8.73. The molecule has 35 heavy (non-hydrogen) atoms. The number of pyridine rings is 3. The summed E-state index contributed by atoms with van der Waals surface area (Å²) in [6.45, 7) is 0. The maximum Gasteiger partial charge on any atom is 0.178 e. The van der Waals surface area contributed by atoms with Crippen LogP contribution in [0.2, 0.25) is 0 Å². The predicted octanol–water partition coefficient (Wildman–Crippen LogP) is 4.36. The molecule has 1 atom stereocenters. The minimum Gasteiger partial charge on any atom is -0.472 e. The molecule has 172 valence electrons. The normalized spacial score (nSPS) is 14.5. The number of aromatic nitrogens is 7. The zero-order valence-corrected chi connectivity index (χ0v) is 18.4. The molecule has 1 aliphatic rings. The van der Waals surface area contributed by atoms with Gasteiger partial charge in [0.2, 0.25) is 0 Å². The number of hydrogen-bond acceptors (Lipinski definition) is 8. The minimum atomic E-state index is -0.559. The summed E-state index contributed by atoms with van der Waals surface area (Å²) in [5.74, 6) is 0.918. The van der Waals surface area contributed by atoms with E-state index in [1.54, 1.807) is 37.3 Å². The molecule has 10 nitrogen and oxygen atoms in total. The zero-order valence-electron chi connectivity index (χ0n) is 18.4. The standard InChI is InChI=1S/C25H20N8O2/c34-25(13-1-2-13)29-16-7-15(9-26-10-16)19-8-18-20(11-28-19)32-33-22(18)24-30-21-17(14-4-6-35-12-14)3-5-27-23(21)31-24/h3-13,25,29,34H,1-2H2,(H,32,33)(H,27,30,31). The van der Waals surface area contributed by atoms with Crippen LogP contribution in [0.3, 0.4) is 0 Å². The van der Waals surface area contributed by atoms with Crippen molar-refractivity contribution in [2.75, 3.05) is 5.32 Å². The maximum atomic E-state index is 10.2. The van der Waals surface area contributed by atoms with Crippen molar-refractivity contribution >= 4 is 27.8 Å². The SMILES string of the molecule is OC(Nc1cncc(-c2cc3c(-c4nc5nccc(-c6ccoc6)c5[nH]4)n[nH]c3cn2)c1)C1CC1. The summed E-state index contributed by atoms with van der Waals surface area (Å²) < 4.78 is 5.25. The number of hydrogen-bond donors (Lipinski definition) is 4. The highest BCUT2D eigenvalue weighted by Gasteiger charge is 2.29. The first-order valence-electron chi connectivity index (χ1n) is 11.3. The Morgan fingerprint density at radius 3 is 2.89 bits per heavy atom. The Balaban J connectivity index is 1.28. The van der Waals surface area contributed by atoms with Gasteiger partial charge in [-0.3, -0.25) is 15.1 Å². The third-order valence-electron chi connectivity index (χ3n) is 6.31. The van der Waals surface area contributed by atoms with E-state index >= 15 is 0 Å². The van der Waals surface area contributed by atoms with Gasteiger partial charge in [-0.1, -0.05) is 0 Å². The molecule has 1 saturated carbocycles. The van der Waals surface area contributed by atoms with Gasteiger partial charge in [-0.15, -0.1) is 0 Å². The highest BCUT2D eigenvalue weighted by atomic mass is 16.3. The van der Waals surface area contributed by atoms with Crippen LogP contribution < -0.4 is 5.32 Å². The van der Waals surface area contributed by atoms with Gasteiger partial charge >= 0.3 is 0 Å². The fourth-order valence-electron chi connectivity index (χ4n) is 4.30. The summed E-state index contributed by atoms with van der Waals surface area (Å²) in [6.07, 6.45) is 11.8. The molecule has 1 fully saturated rings. The van der Waals surface area contributed by atoms with E-state index < -0.39 is 6.23 Å². The van der Waals surface area contributed by atoms with Crippen molar-refractivity contribution in [3.63, 3.8) is 0 Å². The molecule has 7 rings (SSSR count). The van der Waals surface area contributed by atoms with Gasteiger partial charge in [0.1, 0.15) is 11.9 Å². The lowest BCUT2D eigenvalue weighted by molar-refractivity contribution is 0.180. The van der Waals surface area contributed by atoms with Crippen LogP contribution in [0.4, 0.5) is 5.69 Å². The van der Waals surface area contributed by atoms with E-state index in [4.69, 9.17) is 9.40 Å². The summed E-state index contributed by atoms with van der Waals surface area (Å²) in [6, 6.07) is 7.73. The summed E-state index contributed by atoms with van der Waals surface area (Å²) in [5, 5.41) is 21.8. The molecule has 0 bridgehead atoms. The molecule has 0 radical (unpaired) electrons. The first-order chi connectivity index (χ1) is 17.2. The molecule has 0 amide bonds. The number of fused-ring (bicyclic) bond motifs is 2. The Morgan fingerprint density at radius 2 is 2.03 bits per heavy atom. The number of furan rings is 1. The highest BCUT2D eigenvalue weighted by molar-refractivity contribution is 5.96. The van der Waals surface area contributed by atoms with Gasteiger partial charge < -0.3 is 19.8 Å². The van der Waals surface area contributed by atoms with Crippen LogP contribution in [-0.2, 0) is 0 Å². The van der Waals surface area contributed by atoms with Crippen molar-refractivity contribution in [1.29, 1.82) is 0 Å². The largest absolute Gasteiger partial charge is 0.472 e. The minimum absolute atomic E-state index is 0.314. The number of anilines is 1. The number of aromatic amines is 2. The fraction of sp³-hybridized carbons (Fsp3) is 0.160. The van der Waals surface area contributed by atoms with Crippen LogP contribution in [-0.4, -0.2) is 46.5 Å². The number of rotatable bonds is 6. The van der Waals surface area contributed by atoms with Crippen LogP contribution in [0.5, 0.6) is 0 Å². The molecule has 0 aliphatic heterocycles. The molecule has 10 heteroatoms. The Bertz CT molecular complexity index is 1670. The average Bonchev–Trinajstić information content (AvgIpc) is 3.26. The van der Waals surface area contributed by atoms with Gasteiger partial charge in [0.15, 0.2) is 11.5 Å². The van der Waals surface area contributed by atoms with E-state index in [1.807, 2.05) is 24.3 Å². The van der Waals surface area contributed by atoms with Gasteiger partial charge in [-0.05, 0) is 37.1 Å². The number of imidazole rings is 1. The van der Waals surface area contributed by atoms with Crippen molar-refractivity contribution in [3.05, 3.63) is 61.6 Å². The van der Waals surface area contributed by atoms with E-state index in [2.05, 4.69) is 35.5 Å². The van der Waals surface area contributed by atoms with Gasteiger partial charge in [0, 0.05) is 40.4 Å². The Hall–Kier alpha value is -4.57. The van der Waals surface area contributed by atoms with Crippen molar-refractivity contribution in [2.45, 2.75) is 19.1 Å². The fourth-order valence-corrected chi connectivity index (χ4v) is 4.30. The molecule has 1 unspecified atom stereocenters. The third-order valence-corrected chi connectivity index (χ3v) is 6.31. The van der Waals surface area contributed by atoms with E-state index in [1.165, 1.54) is 0 Å². The van der Waals surface area contributed by atoms with E-state index in [9.17, 15) is 5.11 Å². The molecule has 0 saturated heterocycles. The van der Waals surface area contributed by atoms with Crippen LogP contribution in [0.15, 0.2) is 66.0 Å². The molecule has 0 aromatic carbocycles. The van der Waals surface area contributed by atoms with Gasteiger partial charge in [0.05, 0.1) is 47.3 Å². The first-order valence-corrected chi connectivity index (χ1v) is 11.3. The summed E-state index contributed by atoms with van der Waals surface area (Å²) >= 11 is 0. The lowest BCUT2D eigenvalue weighted by Crippen LogP contribution is -2.20. The van der Waals surface area contributed by atoms with Crippen molar-refractivity contribution in [1.82, 2.24) is 35.1 Å². The highest BCUT2D eigenvalue weighted by Crippen LogP contribution is 2.34. The quantitative estimate of drug-likeness (QED) is 0.266. The van der Waals surface area contributed by atoms with Crippen LogP contribution in [0, 0.1) is 5.92 Å². The number of aliphatic hydroxyl groups excluding tert-OH is 1. The zero-order chi connectivity index (χ0) is 23.4. The van der Waals surface area contributed by atoms with Crippen molar-refractivity contribution in [2.24, 2.45) is 5.92 Å². The lowest BCUT2D eigenvalue weighted by atomic mass is 10.1. The van der Waals surface area contributed by atoms with E-state index in [0.29, 0.717) is 23.1 Å². The van der Waals surface area contributed by atoms with Gasteiger partial charge in [-0.2, -0.15) is 5.10 Å². The third kappa shape index (κ3) is 3.51. The number of aliphatic hydroxyl groups is 1. The van der Waals surface area contributed by atoms with Crippen LogP contribution >= 0.6 is 0 Å². The average molecular weight is 464 g/mol. The van der Waals surface area contributed by atoms with Gasteiger partial charge in [-0.25, -0.2) is 9.97 Å².